The molecule has 0 bridgehead atoms. The molecule has 1 aliphatic heterocycles. The molecule has 17 unspecified atom stereocenters. The lowest BCUT2D eigenvalue weighted by Gasteiger charge is -2.64. The molecule has 7 N–H and O–H groups in total. The summed E-state index contributed by atoms with van der Waals surface area (Å²) in [5.74, 6) is -2.15. The molecular weight excluding hydrogens is 648 g/mol. The van der Waals surface area contributed by atoms with Crippen molar-refractivity contribution in [3.63, 3.8) is 0 Å². The van der Waals surface area contributed by atoms with Gasteiger partial charge in [0.15, 0.2) is 6.29 Å². The van der Waals surface area contributed by atoms with Crippen LogP contribution in [0.2, 0.25) is 0 Å². The van der Waals surface area contributed by atoms with Gasteiger partial charge in [0.2, 0.25) is 0 Å². The highest BCUT2D eigenvalue weighted by Crippen LogP contribution is 2.69. The first-order chi connectivity index (χ1) is 22.3. The van der Waals surface area contributed by atoms with Crippen LogP contribution in [0.15, 0.2) is 23.8 Å². The molecule has 0 radical (unpaired) electrons. The van der Waals surface area contributed by atoms with Gasteiger partial charge in [0.05, 0.1) is 30.5 Å². The monoisotopic (exact) mass is 704 g/mol. The van der Waals surface area contributed by atoms with Crippen LogP contribution >= 0.6 is 0 Å². The highest BCUT2D eigenvalue weighted by molar-refractivity contribution is 7.80. The van der Waals surface area contributed by atoms with Gasteiger partial charge in [-0.05, 0) is 71.7 Å². The fraction of sp³-hybridized carbons (Fsp3) is 0.882. The van der Waals surface area contributed by atoms with E-state index < -0.39 is 93.6 Å². The van der Waals surface area contributed by atoms with Crippen LogP contribution in [0.1, 0.15) is 66.7 Å². The molecule has 3 saturated carbocycles. The van der Waals surface area contributed by atoms with E-state index in [1.54, 1.807) is 0 Å². The summed E-state index contributed by atoms with van der Waals surface area (Å²) in [6.45, 7) is 9.66. The largest absolute Gasteiger partial charge is 0.397 e. The van der Waals surface area contributed by atoms with Gasteiger partial charge in [-0.1, -0.05) is 52.8 Å². The Labute approximate surface area is 283 Å². The first-order valence-electron chi connectivity index (χ1n) is 17.2. The van der Waals surface area contributed by atoms with Crippen LogP contribution in [-0.4, -0.2) is 119 Å². The summed E-state index contributed by atoms with van der Waals surface area (Å²) in [5.41, 5.74) is -2.52. The predicted molar refractivity (Wildman–Crippen MR) is 172 cm³/mol. The van der Waals surface area contributed by atoms with Crippen LogP contribution < -0.4 is 0 Å². The van der Waals surface area contributed by atoms with E-state index >= 15 is 0 Å². The molecule has 5 rings (SSSR count). The Bertz CT molecular complexity index is 1320. The first-order valence-corrected chi connectivity index (χ1v) is 18.6. The molecule has 4 aliphatic carbocycles. The Morgan fingerprint density at radius 2 is 1.73 bits per heavy atom. The van der Waals surface area contributed by atoms with Crippen molar-refractivity contribution in [2.45, 2.75) is 121 Å². The van der Waals surface area contributed by atoms with Gasteiger partial charge in [0.1, 0.15) is 24.4 Å². The van der Waals surface area contributed by atoms with E-state index in [1.807, 2.05) is 52.8 Å². The van der Waals surface area contributed by atoms with Crippen molar-refractivity contribution in [2.24, 2.45) is 46.3 Å². The van der Waals surface area contributed by atoms with Gasteiger partial charge < -0.3 is 44.8 Å². The molecule has 13 nitrogen and oxygen atoms in total. The fourth-order valence-corrected chi connectivity index (χ4v) is 10.9. The topological polar surface area (TPSA) is 213 Å². The summed E-state index contributed by atoms with van der Waals surface area (Å²) in [4.78, 5) is 0. The molecule has 1 heterocycles. The Hall–Kier alpha value is -1.01. The number of methoxy groups -OCH3 is 1. The quantitative estimate of drug-likeness (QED) is 0.127. The maximum atomic E-state index is 12.8. The summed E-state index contributed by atoms with van der Waals surface area (Å²) in [6.07, 6.45) is -0.934. The van der Waals surface area contributed by atoms with Gasteiger partial charge in [-0.25, -0.2) is 4.18 Å². The molecule has 276 valence electrons. The molecule has 0 amide bonds. The number of fused-ring (bicyclic) bond motifs is 5. The number of rotatable bonds is 10. The minimum absolute atomic E-state index is 0.0142. The Balaban J connectivity index is 1.47. The zero-order valence-electron chi connectivity index (χ0n) is 28.8. The molecular formula is C34H56O13S. The number of hydrogen-bond acceptors (Lipinski definition) is 12. The van der Waals surface area contributed by atoms with Crippen molar-refractivity contribution >= 4 is 10.4 Å². The fourth-order valence-electron chi connectivity index (χ4n) is 10.4. The van der Waals surface area contributed by atoms with Crippen molar-refractivity contribution in [1.29, 1.82) is 0 Å². The molecule has 0 spiro atoms. The molecule has 14 heteroatoms. The summed E-state index contributed by atoms with van der Waals surface area (Å²) in [7, 11) is -3.63. The summed E-state index contributed by atoms with van der Waals surface area (Å²) >= 11 is 0. The van der Waals surface area contributed by atoms with Crippen LogP contribution in [0.25, 0.3) is 0 Å². The normalized spacial score (nSPS) is 48.3. The van der Waals surface area contributed by atoms with E-state index in [9.17, 15) is 43.6 Å². The van der Waals surface area contributed by atoms with E-state index in [0.717, 1.165) is 0 Å². The molecule has 0 aromatic carbocycles. The molecule has 0 aromatic rings. The summed E-state index contributed by atoms with van der Waals surface area (Å²) < 4.78 is 56.7. The Morgan fingerprint density at radius 1 is 1.04 bits per heavy atom. The third-order valence-corrected chi connectivity index (χ3v) is 13.4. The van der Waals surface area contributed by atoms with Crippen molar-refractivity contribution in [3.05, 3.63) is 23.8 Å². The van der Waals surface area contributed by atoms with Crippen LogP contribution in [0.4, 0.5) is 0 Å². The van der Waals surface area contributed by atoms with Gasteiger partial charge in [0, 0.05) is 26.1 Å². The zero-order valence-corrected chi connectivity index (χ0v) is 29.6. The SMILES string of the molecule is COC1C(OC2C=C3C(O)CC4(O)C(CCC5(C)C(C(C)C=CC(C)C(C)CO)C(O)C(OS(=O)(=O)O)C54)C3(C)CC2)OCC(O)C1O. The molecule has 4 fully saturated rings. The highest BCUT2D eigenvalue weighted by Gasteiger charge is 2.73. The van der Waals surface area contributed by atoms with Crippen molar-refractivity contribution < 1.29 is 62.0 Å². The third kappa shape index (κ3) is 6.58. The number of allylic oxidation sites excluding steroid dienone is 2. The van der Waals surface area contributed by atoms with Crippen LogP contribution in [0.3, 0.4) is 0 Å². The lowest BCUT2D eigenvalue weighted by Crippen LogP contribution is -2.66. The first kappa shape index (κ1) is 38.2. The lowest BCUT2D eigenvalue weighted by atomic mass is 9.43. The van der Waals surface area contributed by atoms with E-state index in [0.29, 0.717) is 31.3 Å². The molecule has 48 heavy (non-hydrogen) atoms. The van der Waals surface area contributed by atoms with Gasteiger partial charge in [-0.15, -0.1) is 0 Å². The van der Waals surface area contributed by atoms with Gasteiger partial charge in [-0.3, -0.25) is 4.55 Å². The lowest BCUT2D eigenvalue weighted by molar-refractivity contribution is -0.285. The smallest absolute Gasteiger partial charge is 0.396 e. The number of aliphatic hydroxyl groups excluding tert-OH is 5. The summed E-state index contributed by atoms with van der Waals surface area (Å²) in [6, 6.07) is 0. The number of hydrogen-bond donors (Lipinski definition) is 7. The van der Waals surface area contributed by atoms with E-state index in [2.05, 4.69) is 0 Å². The van der Waals surface area contributed by atoms with Gasteiger partial charge in [0.25, 0.3) is 0 Å². The molecule has 0 aromatic heterocycles. The average Bonchev–Trinajstić information content (AvgIpc) is 3.22. The van der Waals surface area contributed by atoms with Crippen molar-refractivity contribution in [1.82, 2.24) is 0 Å². The molecule has 17 atom stereocenters. The van der Waals surface area contributed by atoms with E-state index in [1.165, 1.54) is 7.11 Å². The van der Waals surface area contributed by atoms with Crippen LogP contribution in [0.5, 0.6) is 0 Å². The number of aliphatic hydroxyl groups is 6. The zero-order chi connectivity index (χ0) is 35.6. The minimum atomic E-state index is -5.02. The maximum Gasteiger partial charge on any atom is 0.397 e. The Kier molecular flexibility index (Phi) is 11.0. The van der Waals surface area contributed by atoms with Crippen LogP contribution in [-0.2, 0) is 28.8 Å². The predicted octanol–water partition coefficient (Wildman–Crippen LogP) is 1.35. The van der Waals surface area contributed by atoms with Crippen molar-refractivity contribution in [3.8, 4) is 0 Å². The minimum Gasteiger partial charge on any atom is -0.396 e. The second-order valence-electron chi connectivity index (χ2n) is 15.8. The van der Waals surface area contributed by atoms with E-state index in [4.69, 9.17) is 18.4 Å². The molecule has 1 saturated heterocycles. The van der Waals surface area contributed by atoms with Gasteiger partial charge in [-0.2, -0.15) is 8.42 Å². The van der Waals surface area contributed by atoms with Crippen LogP contribution in [0, 0.1) is 46.3 Å². The standard InChI is InChI=1S/C34H56O13S/c1-17(19(3)15-35)7-8-18(2)25-27(39)28(47-48(41,42)43)30-33(25,5)12-10-24-32(4)11-9-20(13-21(32)22(36)14-34(24,30)40)46-31-29(44-6)26(38)23(37)16-45-31/h7-8,13,17-20,22-31,35-40H,9-12,14-16H2,1-6H3,(H,41,42,43). The average molecular weight is 705 g/mol. The Morgan fingerprint density at radius 3 is 2.35 bits per heavy atom. The van der Waals surface area contributed by atoms with Gasteiger partial charge >= 0.3 is 10.4 Å². The number of ether oxygens (including phenoxy) is 3. The van der Waals surface area contributed by atoms with E-state index in [-0.39, 0.29) is 37.4 Å². The van der Waals surface area contributed by atoms with Crippen molar-refractivity contribution in [2.75, 3.05) is 20.3 Å². The second kappa shape index (κ2) is 13.8. The molecule has 5 aliphatic rings. The third-order valence-electron chi connectivity index (χ3n) is 13.0. The summed E-state index contributed by atoms with van der Waals surface area (Å²) in [5, 5.41) is 66.4. The maximum absolute atomic E-state index is 12.8. The second-order valence-corrected chi connectivity index (χ2v) is 16.8. The highest BCUT2D eigenvalue weighted by atomic mass is 32.3.